The average molecular weight is 541 g/mol. The lowest BCUT2D eigenvalue weighted by Gasteiger charge is -2.13. The van der Waals surface area contributed by atoms with Gasteiger partial charge in [0.25, 0.3) is 0 Å². The Hall–Kier alpha value is -3.08. The maximum Gasteiger partial charge on any atom is 0.508 e. The van der Waals surface area contributed by atoms with E-state index >= 15 is 0 Å². The molecule has 2 aromatic heterocycles. The zero-order valence-electron chi connectivity index (χ0n) is 21.4. The lowest BCUT2D eigenvalue weighted by molar-refractivity contribution is 0.0461. The second kappa shape index (κ2) is 12.4. The van der Waals surface area contributed by atoms with E-state index in [1.165, 1.54) is 11.3 Å². The summed E-state index contributed by atoms with van der Waals surface area (Å²) < 4.78 is 23.3. The normalized spacial score (nSPS) is 13.6. The zero-order valence-corrected chi connectivity index (χ0v) is 23.0. The van der Waals surface area contributed by atoms with E-state index in [0.29, 0.717) is 24.4 Å². The Labute approximate surface area is 224 Å². The molecule has 0 fully saturated rings. The predicted octanol–water partition coefficient (Wildman–Crippen LogP) is 4.82. The maximum absolute atomic E-state index is 13.0. The molecule has 196 valence electrons. The molecule has 0 bridgehead atoms. The van der Waals surface area contributed by atoms with Gasteiger partial charge in [-0.3, -0.25) is 4.21 Å². The Morgan fingerprint density at radius 3 is 2.68 bits per heavy atom. The first kappa shape index (κ1) is 27.0. The van der Waals surface area contributed by atoms with Gasteiger partial charge in [0.05, 0.1) is 27.9 Å². The molecule has 1 aliphatic carbocycles. The standard InChI is InChI=1S/C27H32N4O4S2/c1-4-5-14-37(33)23-16-21-24(25(23)28)20(15-22(30-21)26-29-10-13-36-26)19-8-6-18(7-9-19)17-35-27(32)34-12-11-31(2)3/h6-10,13,15H,4-5,11-12,14,16-17,28H2,1-3H3. The first-order valence-electron chi connectivity index (χ1n) is 12.2. The molecule has 0 amide bonds. The van der Waals surface area contributed by atoms with Crippen molar-refractivity contribution in [1.82, 2.24) is 14.9 Å². The molecule has 2 N–H and O–H groups in total. The van der Waals surface area contributed by atoms with Crippen molar-refractivity contribution in [1.29, 1.82) is 0 Å². The number of hydrogen-bond acceptors (Lipinski definition) is 9. The van der Waals surface area contributed by atoms with Crippen LogP contribution in [0.25, 0.3) is 27.5 Å². The van der Waals surface area contributed by atoms with E-state index < -0.39 is 17.0 Å². The van der Waals surface area contributed by atoms with Gasteiger partial charge < -0.3 is 20.1 Å². The summed E-state index contributed by atoms with van der Waals surface area (Å²) in [7, 11) is 2.68. The number of carbonyl (C=O) groups is 1. The molecule has 0 saturated carbocycles. The Morgan fingerprint density at radius 1 is 1.22 bits per heavy atom. The topological polar surface area (TPSA) is 108 Å². The van der Waals surface area contributed by atoms with Crippen molar-refractivity contribution >= 4 is 34.0 Å². The van der Waals surface area contributed by atoms with Gasteiger partial charge in [-0.2, -0.15) is 0 Å². The summed E-state index contributed by atoms with van der Waals surface area (Å²) in [5.41, 5.74) is 12.3. The molecular weight excluding hydrogens is 508 g/mol. The van der Waals surface area contributed by atoms with E-state index in [4.69, 9.17) is 20.2 Å². The molecule has 0 radical (unpaired) electrons. The van der Waals surface area contributed by atoms with Crippen LogP contribution in [0.2, 0.25) is 0 Å². The first-order valence-corrected chi connectivity index (χ1v) is 14.4. The van der Waals surface area contributed by atoms with Crippen LogP contribution in [0.15, 0.2) is 46.8 Å². The highest BCUT2D eigenvalue weighted by molar-refractivity contribution is 7.89. The number of ether oxygens (including phenoxy) is 2. The maximum atomic E-state index is 13.0. The third-order valence-electron chi connectivity index (χ3n) is 5.98. The molecule has 0 saturated heterocycles. The van der Waals surface area contributed by atoms with Crippen LogP contribution in [0.4, 0.5) is 4.79 Å². The van der Waals surface area contributed by atoms with Gasteiger partial charge in [-0.05, 0) is 43.3 Å². The molecule has 0 spiro atoms. The van der Waals surface area contributed by atoms with Crippen LogP contribution >= 0.6 is 11.3 Å². The van der Waals surface area contributed by atoms with E-state index in [-0.39, 0.29) is 13.2 Å². The largest absolute Gasteiger partial charge is 0.508 e. The van der Waals surface area contributed by atoms with Crippen molar-refractivity contribution in [2.45, 2.75) is 32.8 Å². The number of rotatable bonds is 11. The van der Waals surface area contributed by atoms with Crippen LogP contribution in [-0.2, 0) is 33.3 Å². The number of aromatic nitrogens is 2. The van der Waals surface area contributed by atoms with Crippen LogP contribution in [0.1, 0.15) is 36.6 Å². The van der Waals surface area contributed by atoms with Crippen molar-refractivity contribution in [2.75, 3.05) is 33.0 Å². The number of nitrogens with zero attached hydrogens (tertiary/aromatic N) is 3. The molecule has 37 heavy (non-hydrogen) atoms. The lowest BCUT2D eigenvalue weighted by Crippen LogP contribution is -2.20. The highest BCUT2D eigenvalue weighted by atomic mass is 32.2. The zero-order chi connectivity index (χ0) is 26.4. The van der Waals surface area contributed by atoms with Gasteiger partial charge >= 0.3 is 6.16 Å². The molecule has 1 atom stereocenters. The minimum Gasteiger partial charge on any atom is -0.433 e. The molecule has 1 unspecified atom stereocenters. The number of hydrogen-bond donors (Lipinski definition) is 1. The SMILES string of the molecule is CCCCS(=O)C1=C(N)c2c(-c3ccc(COC(=O)OCCN(C)C)cc3)cc(-c3nccs3)nc2C1. The van der Waals surface area contributed by atoms with E-state index in [1.54, 1.807) is 6.20 Å². The Kier molecular flexibility index (Phi) is 9.07. The first-order chi connectivity index (χ1) is 17.9. The molecule has 0 aliphatic heterocycles. The Morgan fingerprint density at radius 2 is 2.00 bits per heavy atom. The minimum absolute atomic E-state index is 0.114. The highest BCUT2D eigenvalue weighted by Crippen LogP contribution is 2.40. The predicted molar refractivity (Wildman–Crippen MR) is 148 cm³/mol. The van der Waals surface area contributed by atoms with E-state index in [9.17, 15) is 9.00 Å². The summed E-state index contributed by atoms with van der Waals surface area (Å²) in [5, 5.41) is 2.74. The summed E-state index contributed by atoms with van der Waals surface area (Å²) in [6.07, 6.45) is 3.41. The number of benzene rings is 1. The van der Waals surface area contributed by atoms with Crippen molar-refractivity contribution < 1.29 is 18.5 Å². The number of fused-ring (bicyclic) bond motifs is 1. The lowest BCUT2D eigenvalue weighted by atomic mass is 9.97. The summed E-state index contributed by atoms with van der Waals surface area (Å²) in [4.78, 5) is 23.8. The minimum atomic E-state index is -1.14. The Balaban J connectivity index is 1.58. The van der Waals surface area contributed by atoms with Gasteiger partial charge in [-0.1, -0.05) is 37.6 Å². The molecule has 8 nitrogen and oxygen atoms in total. The quantitative estimate of drug-likeness (QED) is 0.345. The van der Waals surface area contributed by atoms with E-state index in [0.717, 1.165) is 56.4 Å². The second-order valence-electron chi connectivity index (χ2n) is 9.02. The number of pyridine rings is 1. The van der Waals surface area contributed by atoms with Gasteiger partial charge in [0, 0.05) is 40.8 Å². The molecule has 10 heteroatoms. The Bertz CT molecular complexity index is 1290. The fourth-order valence-electron chi connectivity index (χ4n) is 3.98. The summed E-state index contributed by atoms with van der Waals surface area (Å²) in [5.74, 6) is 0.599. The second-order valence-corrected chi connectivity index (χ2v) is 11.5. The number of thiazole rings is 1. The monoisotopic (exact) mass is 540 g/mol. The van der Waals surface area contributed by atoms with Crippen LogP contribution < -0.4 is 5.73 Å². The van der Waals surface area contributed by atoms with Crippen LogP contribution in [-0.4, -0.2) is 58.2 Å². The number of likely N-dealkylation sites (N-methyl/N-ethyl adjacent to an activating group) is 1. The van der Waals surface area contributed by atoms with Crippen molar-refractivity contribution in [3.05, 3.63) is 63.6 Å². The summed E-state index contributed by atoms with van der Waals surface area (Å²) in [6.45, 7) is 3.11. The van der Waals surface area contributed by atoms with Gasteiger partial charge in [-0.25, -0.2) is 14.8 Å². The molecule has 4 rings (SSSR count). The third-order valence-corrected chi connectivity index (χ3v) is 8.35. The number of allylic oxidation sites excluding steroid dienone is 1. The van der Waals surface area contributed by atoms with Crippen LogP contribution in [0.5, 0.6) is 0 Å². The molecule has 2 heterocycles. The number of nitrogens with two attached hydrogens (primary N) is 1. The summed E-state index contributed by atoms with van der Waals surface area (Å²) in [6, 6.07) is 9.75. The smallest absolute Gasteiger partial charge is 0.433 e. The van der Waals surface area contributed by atoms with E-state index in [1.807, 2.05) is 54.7 Å². The highest BCUT2D eigenvalue weighted by Gasteiger charge is 2.29. The average Bonchev–Trinajstić information content (AvgIpc) is 3.54. The van der Waals surface area contributed by atoms with Gasteiger partial charge in [-0.15, -0.1) is 11.3 Å². The summed E-state index contributed by atoms with van der Waals surface area (Å²) >= 11 is 1.52. The van der Waals surface area contributed by atoms with Crippen LogP contribution in [0, 0.1) is 0 Å². The molecule has 1 aliphatic rings. The van der Waals surface area contributed by atoms with Gasteiger partial charge in [0.15, 0.2) is 0 Å². The third kappa shape index (κ3) is 6.63. The number of unbranched alkanes of at least 4 members (excludes halogenated alkanes) is 1. The molecule has 1 aromatic carbocycles. The fraction of sp³-hybridized carbons (Fsp3) is 0.370. The van der Waals surface area contributed by atoms with Gasteiger partial charge in [0.2, 0.25) is 0 Å². The van der Waals surface area contributed by atoms with Crippen LogP contribution in [0.3, 0.4) is 0 Å². The van der Waals surface area contributed by atoms with Gasteiger partial charge in [0.1, 0.15) is 18.2 Å². The number of carbonyl (C=O) groups excluding carboxylic acids is 1. The molecular formula is C27H32N4O4S2. The van der Waals surface area contributed by atoms with Crippen molar-refractivity contribution in [2.24, 2.45) is 5.73 Å². The fourth-order valence-corrected chi connectivity index (χ4v) is 6.02. The van der Waals surface area contributed by atoms with E-state index in [2.05, 4.69) is 11.9 Å². The van der Waals surface area contributed by atoms with Crippen molar-refractivity contribution in [3.63, 3.8) is 0 Å². The molecule has 3 aromatic rings. The van der Waals surface area contributed by atoms with Crippen molar-refractivity contribution in [3.8, 4) is 21.8 Å².